The third-order valence-corrected chi connectivity index (χ3v) is 6.98. The van der Waals surface area contributed by atoms with Gasteiger partial charge in [-0.3, -0.25) is 18.6 Å². The zero-order valence-electron chi connectivity index (χ0n) is 17.3. The summed E-state index contributed by atoms with van der Waals surface area (Å²) >= 11 is 1.38. The van der Waals surface area contributed by atoms with Crippen LogP contribution in [0.15, 0.2) is 45.4 Å². The maximum atomic E-state index is 12.6. The summed E-state index contributed by atoms with van der Waals surface area (Å²) in [4.78, 5) is 25.0. The largest absolute Gasteiger partial charge is 0.356 e. The highest BCUT2D eigenvalue weighted by molar-refractivity contribution is 7.89. The molecule has 0 aliphatic rings. The number of sulfonamides is 1. The number of aromatic nitrogens is 4. The lowest BCUT2D eigenvalue weighted by atomic mass is 10.1. The molecule has 0 saturated heterocycles. The van der Waals surface area contributed by atoms with Crippen LogP contribution in [0.4, 0.5) is 0 Å². The summed E-state index contributed by atoms with van der Waals surface area (Å²) in [7, 11) is -3.72. The van der Waals surface area contributed by atoms with Crippen molar-refractivity contribution >= 4 is 43.3 Å². The van der Waals surface area contributed by atoms with Crippen LogP contribution in [0.2, 0.25) is 0 Å². The van der Waals surface area contributed by atoms with Crippen LogP contribution < -0.4 is 16.0 Å². The van der Waals surface area contributed by atoms with Crippen molar-refractivity contribution in [1.82, 2.24) is 24.5 Å². The number of carbonyl (C=O) groups excluding carboxylic acids is 1. The van der Waals surface area contributed by atoms with Crippen LogP contribution >= 0.6 is 11.3 Å². The summed E-state index contributed by atoms with van der Waals surface area (Å²) in [5.41, 5.74) is 1.56. The van der Waals surface area contributed by atoms with Gasteiger partial charge >= 0.3 is 0 Å². The molecule has 0 atom stereocenters. The molecule has 1 aromatic carbocycles. The monoisotopic (exact) mass is 474 g/mol. The van der Waals surface area contributed by atoms with E-state index in [1.807, 2.05) is 22.8 Å². The number of aryl methyl sites for hydroxylation is 2. The molecular weight excluding hydrogens is 452 g/mol. The molecule has 4 rings (SSSR count). The summed E-state index contributed by atoms with van der Waals surface area (Å²) in [5, 5.41) is 18.2. The van der Waals surface area contributed by atoms with Crippen molar-refractivity contribution in [3.63, 3.8) is 0 Å². The Hall–Kier alpha value is -3.09. The van der Waals surface area contributed by atoms with Crippen LogP contribution in [0.1, 0.15) is 24.7 Å². The fourth-order valence-electron chi connectivity index (χ4n) is 3.53. The predicted octanol–water partition coefficient (Wildman–Crippen LogP) is 1.06. The van der Waals surface area contributed by atoms with Gasteiger partial charge in [0.05, 0.1) is 10.4 Å². The van der Waals surface area contributed by atoms with E-state index >= 15 is 0 Å². The summed E-state index contributed by atoms with van der Waals surface area (Å²) in [6.07, 6.45) is 1.16. The second-order valence-corrected chi connectivity index (χ2v) is 9.70. The number of nitrogens with zero attached hydrogens (tertiary/aromatic N) is 4. The number of benzene rings is 1. The van der Waals surface area contributed by atoms with E-state index in [0.717, 1.165) is 11.1 Å². The van der Waals surface area contributed by atoms with E-state index in [0.29, 0.717) is 42.2 Å². The number of rotatable bonds is 8. The fourth-order valence-corrected chi connectivity index (χ4v) is 4.87. The Bertz CT molecular complexity index is 1450. The topological polar surface area (TPSA) is 141 Å². The minimum Gasteiger partial charge on any atom is -0.356 e. The van der Waals surface area contributed by atoms with Gasteiger partial charge in [0.25, 0.3) is 5.56 Å². The molecule has 0 radical (unpaired) electrons. The van der Waals surface area contributed by atoms with Gasteiger partial charge in [0.15, 0.2) is 0 Å². The van der Waals surface area contributed by atoms with Gasteiger partial charge in [-0.05, 0) is 42.5 Å². The van der Waals surface area contributed by atoms with Crippen molar-refractivity contribution in [2.24, 2.45) is 5.14 Å². The molecule has 0 bridgehead atoms. The first-order valence-electron chi connectivity index (χ1n) is 10.0. The third kappa shape index (κ3) is 4.29. The number of nitrogens with one attached hydrogen (secondary N) is 1. The summed E-state index contributed by atoms with van der Waals surface area (Å²) < 4.78 is 26.7. The lowest BCUT2D eigenvalue weighted by molar-refractivity contribution is -0.121. The van der Waals surface area contributed by atoms with Gasteiger partial charge in [0.1, 0.15) is 10.5 Å². The van der Waals surface area contributed by atoms with Crippen molar-refractivity contribution in [1.29, 1.82) is 0 Å². The minimum atomic E-state index is -3.72. The van der Waals surface area contributed by atoms with Gasteiger partial charge in [-0.1, -0.05) is 12.1 Å². The van der Waals surface area contributed by atoms with Crippen LogP contribution in [0.25, 0.3) is 16.0 Å². The molecule has 1 amide bonds. The van der Waals surface area contributed by atoms with Crippen LogP contribution in [-0.4, -0.2) is 40.0 Å². The molecule has 168 valence electrons. The minimum absolute atomic E-state index is 0.0547. The molecule has 10 nitrogen and oxygen atoms in total. The first-order chi connectivity index (χ1) is 15.3. The normalized spacial score (nSPS) is 11.9. The SMILES string of the molecule is CCn1c(=O)c2sccc2n2c(CCC(=O)NCCc3ccc(S(N)(=O)=O)cc3)nnc12. The Morgan fingerprint density at radius 2 is 1.91 bits per heavy atom. The van der Waals surface area contributed by atoms with Crippen molar-refractivity contribution in [2.75, 3.05) is 6.54 Å². The van der Waals surface area contributed by atoms with E-state index < -0.39 is 10.0 Å². The van der Waals surface area contributed by atoms with Crippen LogP contribution in [0, 0.1) is 0 Å². The predicted molar refractivity (Wildman–Crippen MR) is 121 cm³/mol. The number of thiophene rings is 1. The van der Waals surface area contributed by atoms with Crippen LogP contribution in [-0.2, 0) is 34.2 Å². The second kappa shape index (κ2) is 8.81. The highest BCUT2D eigenvalue weighted by atomic mass is 32.2. The smallest absolute Gasteiger partial charge is 0.272 e. The number of hydrogen-bond donors (Lipinski definition) is 2. The molecule has 0 unspecified atom stereocenters. The van der Waals surface area contributed by atoms with Crippen molar-refractivity contribution in [2.45, 2.75) is 37.6 Å². The lowest BCUT2D eigenvalue weighted by Crippen LogP contribution is -2.26. The van der Waals surface area contributed by atoms with Gasteiger partial charge in [-0.15, -0.1) is 21.5 Å². The zero-order valence-corrected chi connectivity index (χ0v) is 18.9. The molecule has 0 spiro atoms. The quantitative estimate of drug-likeness (QED) is 0.391. The second-order valence-electron chi connectivity index (χ2n) is 7.22. The summed E-state index contributed by atoms with van der Waals surface area (Å²) in [6.45, 7) is 2.77. The first-order valence-corrected chi connectivity index (χ1v) is 12.4. The Kier molecular flexibility index (Phi) is 6.09. The van der Waals surface area contributed by atoms with Gasteiger partial charge < -0.3 is 5.32 Å². The fraction of sp³-hybridized carbons (Fsp3) is 0.300. The van der Waals surface area contributed by atoms with E-state index in [-0.39, 0.29) is 22.8 Å². The molecule has 3 aromatic heterocycles. The zero-order chi connectivity index (χ0) is 22.9. The number of primary sulfonamides is 1. The number of amides is 1. The lowest BCUT2D eigenvalue weighted by Gasteiger charge is -2.08. The summed E-state index contributed by atoms with van der Waals surface area (Å²) in [6, 6.07) is 8.11. The summed E-state index contributed by atoms with van der Waals surface area (Å²) in [5.74, 6) is 0.967. The molecular formula is C20H22N6O4S2. The molecule has 0 saturated carbocycles. The molecule has 3 N–H and O–H groups in total. The number of carbonyl (C=O) groups is 1. The Balaban J connectivity index is 1.39. The maximum Gasteiger partial charge on any atom is 0.272 e. The maximum absolute atomic E-state index is 12.6. The van der Waals surface area contributed by atoms with E-state index in [1.165, 1.54) is 23.5 Å². The van der Waals surface area contributed by atoms with E-state index in [4.69, 9.17) is 5.14 Å². The van der Waals surface area contributed by atoms with Gasteiger partial charge in [-0.25, -0.2) is 13.6 Å². The molecule has 3 heterocycles. The van der Waals surface area contributed by atoms with Crippen LogP contribution in [0.3, 0.4) is 0 Å². The van der Waals surface area contributed by atoms with Gasteiger partial charge in [0, 0.05) is 25.9 Å². The van der Waals surface area contributed by atoms with Gasteiger partial charge in [0.2, 0.25) is 21.7 Å². The highest BCUT2D eigenvalue weighted by Gasteiger charge is 2.17. The number of hydrogen-bond acceptors (Lipinski definition) is 7. The molecule has 0 aliphatic heterocycles. The molecule has 4 aromatic rings. The number of fused-ring (bicyclic) bond motifs is 3. The highest BCUT2D eigenvalue weighted by Crippen LogP contribution is 2.20. The average molecular weight is 475 g/mol. The van der Waals surface area contributed by atoms with Crippen molar-refractivity contribution in [3.8, 4) is 0 Å². The van der Waals surface area contributed by atoms with Crippen molar-refractivity contribution < 1.29 is 13.2 Å². The Morgan fingerprint density at radius 1 is 1.16 bits per heavy atom. The van der Waals surface area contributed by atoms with E-state index in [1.54, 1.807) is 16.7 Å². The van der Waals surface area contributed by atoms with E-state index in [2.05, 4.69) is 15.5 Å². The molecule has 0 fully saturated rings. The first kappa shape index (κ1) is 22.1. The Morgan fingerprint density at radius 3 is 2.59 bits per heavy atom. The van der Waals surface area contributed by atoms with Gasteiger partial charge in [-0.2, -0.15) is 0 Å². The Labute approximate surface area is 187 Å². The van der Waals surface area contributed by atoms with Crippen molar-refractivity contribution in [3.05, 3.63) is 57.5 Å². The number of nitrogens with two attached hydrogens (primary N) is 1. The van der Waals surface area contributed by atoms with E-state index in [9.17, 15) is 18.0 Å². The molecule has 12 heteroatoms. The van der Waals surface area contributed by atoms with Crippen LogP contribution in [0.5, 0.6) is 0 Å². The molecule has 32 heavy (non-hydrogen) atoms. The third-order valence-electron chi connectivity index (χ3n) is 5.16. The average Bonchev–Trinajstić information content (AvgIpc) is 3.39. The molecule has 0 aliphatic carbocycles. The standard InChI is InChI=1S/C20H22N6O4S2/c1-2-25-19(28)18-15(10-12-31-18)26-16(23-24-20(25)26)7-8-17(27)22-11-9-13-3-5-14(6-4-13)32(21,29)30/h3-6,10,12H,2,7-9,11H2,1H3,(H,22,27)(H2,21,29,30).